The lowest BCUT2D eigenvalue weighted by atomic mass is 9.89. The number of hydrogen-bond acceptors (Lipinski definition) is 3. The van der Waals surface area contributed by atoms with Crippen LogP contribution in [0.15, 0.2) is 27.1 Å². The smallest absolute Gasteiger partial charge is 0.423 e. The second-order valence-electron chi connectivity index (χ2n) is 2.83. The summed E-state index contributed by atoms with van der Waals surface area (Å²) in [7, 11) is -1.39. The highest BCUT2D eigenvalue weighted by atomic mass is 79.9. The zero-order valence-electron chi connectivity index (χ0n) is 6.87. The van der Waals surface area contributed by atoms with Crippen molar-refractivity contribution in [1.82, 2.24) is 0 Å². The molecule has 0 aliphatic heterocycles. The normalized spacial score (nSPS) is 10.9. The van der Waals surface area contributed by atoms with Gasteiger partial charge in [0.25, 0.3) is 0 Å². The van der Waals surface area contributed by atoms with Crippen LogP contribution in [0.4, 0.5) is 0 Å². The Morgan fingerprint density at radius 2 is 1.86 bits per heavy atom. The lowest BCUT2D eigenvalue weighted by Gasteiger charge is -1.94. The van der Waals surface area contributed by atoms with Crippen LogP contribution >= 0.6 is 43.2 Å². The molecule has 0 aliphatic rings. The fourth-order valence-corrected chi connectivity index (χ4v) is 3.64. The Bertz CT molecular complexity index is 483. The summed E-state index contributed by atoms with van der Waals surface area (Å²) in [6.45, 7) is 0. The van der Waals surface area contributed by atoms with Crippen molar-refractivity contribution in [1.29, 1.82) is 0 Å². The molecule has 2 N–H and O–H groups in total. The molecule has 6 heteroatoms. The minimum atomic E-state index is -1.39. The van der Waals surface area contributed by atoms with E-state index >= 15 is 0 Å². The molecule has 72 valence electrons. The van der Waals surface area contributed by atoms with Crippen LogP contribution < -0.4 is 4.78 Å². The van der Waals surface area contributed by atoms with Gasteiger partial charge >= 0.3 is 7.12 Å². The zero-order chi connectivity index (χ0) is 10.3. The van der Waals surface area contributed by atoms with E-state index in [1.165, 1.54) is 11.3 Å². The number of rotatable bonds is 1. The maximum Gasteiger partial charge on any atom is 0.499 e. The maximum atomic E-state index is 9.02. The topological polar surface area (TPSA) is 40.5 Å². The van der Waals surface area contributed by atoms with Crippen LogP contribution in [0.5, 0.6) is 0 Å². The van der Waals surface area contributed by atoms with E-state index in [-0.39, 0.29) is 0 Å². The predicted octanol–water partition coefficient (Wildman–Crippen LogP) is 2.11. The molecule has 0 bridgehead atoms. The minimum Gasteiger partial charge on any atom is -0.423 e. The molecule has 0 saturated carbocycles. The van der Waals surface area contributed by atoms with Gasteiger partial charge in [0.05, 0.1) is 0 Å². The first-order valence-corrected chi connectivity index (χ1v) is 6.23. The third-order valence-corrected chi connectivity index (χ3v) is 4.38. The molecular formula is C8H5BBr2O2S. The monoisotopic (exact) mass is 334 g/mol. The SMILES string of the molecule is OB(O)c1cc2cc(Br)cc(Br)c2s1. The van der Waals surface area contributed by atoms with Gasteiger partial charge in [-0.15, -0.1) is 11.3 Å². The lowest BCUT2D eigenvalue weighted by Crippen LogP contribution is -2.26. The Kier molecular flexibility index (Phi) is 2.99. The molecule has 0 aliphatic carbocycles. The Morgan fingerprint density at radius 1 is 1.14 bits per heavy atom. The number of fused-ring (bicyclic) bond motifs is 1. The van der Waals surface area contributed by atoms with E-state index in [1.807, 2.05) is 12.1 Å². The zero-order valence-corrected chi connectivity index (χ0v) is 10.9. The molecule has 1 heterocycles. The first-order chi connectivity index (χ1) is 6.58. The van der Waals surface area contributed by atoms with Gasteiger partial charge in [-0.2, -0.15) is 0 Å². The third kappa shape index (κ3) is 1.90. The third-order valence-electron chi connectivity index (χ3n) is 1.81. The van der Waals surface area contributed by atoms with E-state index in [2.05, 4.69) is 31.9 Å². The summed E-state index contributed by atoms with van der Waals surface area (Å²) in [5, 5.41) is 19.0. The standard InChI is InChI=1S/C8H5BBr2O2S/c10-5-1-4-2-7(9(12)13)14-8(4)6(11)3-5/h1-3,12-13H. The highest BCUT2D eigenvalue weighted by Gasteiger charge is 2.15. The highest BCUT2D eigenvalue weighted by molar-refractivity contribution is 9.11. The molecule has 14 heavy (non-hydrogen) atoms. The van der Waals surface area contributed by atoms with Crippen molar-refractivity contribution in [3.8, 4) is 0 Å². The molecule has 0 unspecified atom stereocenters. The highest BCUT2D eigenvalue weighted by Crippen LogP contribution is 2.31. The van der Waals surface area contributed by atoms with E-state index in [0.29, 0.717) is 4.78 Å². The van der Waals surface area contributed by atoms with Gasteiger partial charge in [0.15, 0.2) is 0 Å². The van der Waals surface area contributed by atoms with Crippen LogP contribution in [-0.2, 0) is 0 Å². The predicted molar refractivity (Wildman–Crippen MR) is 67.1 cm³/mol. The Labute approximate surface area is 102 Å². The molecule has 2 rings (SSSR count). The van der Waals surface area contributed by atoms with Gasteiger partial charge in [-0.3, -0.25) is 0 Å². The van der Waals surface area contributed by atoms with Gasteiger partial charge in [-0.25, -0.2) is 0 Å². The van der Waals surface area contributed by atoms with Crippen LogP contribution in [0, 0.1) is 0 Å². The number of hydrogen-bond donors (Lipinski definition) is 2. The largest absolute Gasteiger partial charge is 0.499 e. The first kappa shape index (κ1) is 10.6. The summed E-state index contributed by atoms with van der Waals surface area (Å²) >= 11 is 8.18. The Balaban J connectivity index is 2.70. The summed E-state index contributed by atoms with van der Waals surface area (Å²) in [6, 6.07) is 5.66. The van der Waals surface area contributed by atoms with Crippen molar-refractivity contribution in [2.75, 3.05) is 0 Å². The van der Waals surface area contributed by atoms with Gasteiger partial charge in [-0.1, -0.05) is 15.9 Å². The van der Waals surface area contributed by atoms with E-state index < -0.39 is 7.12 Å². The van der Waals surface area contributed by atoms with E-state index in [1.54, 1.807) is 6.07 Å². The van der Waals surface area contributed by atoms with Crippen molar-refractivity contribution >= 4 is 65.2 Å². The van der Waals surface area contributed by atoms with Gasteiger partial charge in [0, 0.05) is 18.4 Å². The molecule has 2 aromatic rings. The van der Waals surface area contributed by atoms with Crippen molar-refractivity contribution in [2.45, 2.75) is 0 Å². The van der Waals surface area contributed by atoms with Crippen molar-refractivity contribution in [2.24, 2.45) is 0 Å². The molecule has 0 saturated heterocycles. The van der Waals surface area contributed by atoms with Crippen LogP contribution in [0.1, 0.15) is 0 Å². The van der Waals surface area contributed by atoms with Crippen LogP contribution in [0.25, 0.3) is 10.1 Å². The van der Waals surface area contributed by atoms with Gasteiger partial charge in [-0.05, 0) is 39.5 Å². The minimum absolute atomic E-state index is 0.554. The molecule has 2 nitrogen and oxygen atoms in total. The molecule has 0 fully saturated rings. The fourth-order valence-electron chi connectivity index (χ4n) is 1.22. The summed E-state index contributed by atoms with van der Waals surface area (Å²) in [5.41, 5.74) is 0. The van der Waals surface area contributed by atoms with Crippen LogP contribution in [0.2, 0.25) is 0 Å². The lowest BCUT2D eigenvalue weighted by molar-refractivity contribution is 0.427. The number of halogens is 2. The average Bonchev–Trinajstić information content (AvgIpc) is 2.47. The summed E-state index contributed by atoms with van der Waals surface area (Å²) in [5.74, 6) is 0. The molecule has 0 spiro atoms. The van der Waals surface area contributed by atoms with E-state index in [9.17, 15) is 0 Å². The van der Waals surface area contributed by atoms with E-state index in [4.69, 9.17) is 10.0 Å². The van der Waals surface area contributed by atoms with Crippen molar-refractivity contribution in [3.05, 3.63) is 27.1 Å². The van der Waals surface area contributed by atoms with Crippen molar-refractivity contribution < 1.29 is 10.0 Å². The molecule has 0 atom stereocenters. The maximum absolute atomic E-state index is 9.02. The molecule has 0 amide bonds. The Hall–Kier alpha value is 0.125. The quantitative estimate of drug-likeness (QED) is 0.784. The second-order valence-corrected chi connectivity index (χ2v) is 5.68. The van der Waals surface area contributed by atoms with Gasteiger partial charge < -0.3 is 10.0 Å². The molecule has 1 aromatic carbocycles. The summed E-state index contributed by atoms with van der Waals surface area (Å²) < 4.78 is 3.50. The first-order valence-electron chi connectivity index (χ1n) is 3.82. The van der Waals surface area contributed by atoms with Crippen molar-refractivity contribution in [3.63, 3.8) is 0 Å². The van der Waals surface area contributed by atoms with Crippen LogP contribution in [0.3, 0.4) is 0 Å². The van der Waals surface area contributed by atoms with E-state index in [0.717, 1.165) is 19.0 Å². The second kappa shape index (κ2) is 3.94. The summed E-state index contributed by atoms with van der Waals surface area (Å²) in [6.07, 6.45) is 0. The van der Waals surface area contributed by atoms with Gasteiger partial charge in [0.2, 0.25) is 0 Å². The summed E-state index contributed by atoms with van der Waals surface area (Å²) in [4.78, 5) is 0. The fraction of sp³-hybridized carbons (Fsp3) is 0. The average molecular weight is 336 g/mol. The van der Waals surface area contributed by atoms with Gasteiger partial charge in [0.1, 0.15) is 0 Å². The van der Waals surface area contributed by atoms with Crippen LogP contribution in [-0.4, -0.2) is 17.2 Å². The number of thiophene rings is 1. The molecular weight excluding hydrogens is 331 g/mol. The molecule has 0 radical (unpaired) electrons. The molecule has 1 aromatic heterocycles. The number of benzene rings is 1. The Morgan fingerprint density at radius 3 is 2.50 bits per heavy atom.